The minimum absolute atomic E-state index is 0.184. The highest BCUT2D eigenvalue weighted by atomic mass is 35.5. The molecule has 3 heteroatoms. The summed E-state index contributed by atoms with van der Waals surface area (Å²) in [6, 6.07) is 5.89. The summed E-state index contributed by atoms with van der Waals surface area (Å²) in [5.74, 6) is 1.19. The first-order valence-electron chi connectivity index (χ1n) is 5.17. The van der Waals surface area contributed by atoms with Gasteiger partial charge in [-0.1, -0.05) is 43.1 Å². The van der Waals surface area contributed by atoms with E-state index in [2.05, 4.69) is 19.9 Å². The Morgan fingerprint density at radius 2 is 2.00 bits per heavy atom. The molecule has 1 fully saturated rings. The molecule has 1 aromatic carbocycles. The van der Waals surface area contributed by atoms with Crippen LogP contribution >= 0.6 is 23.2 Å². The van der Waals surface area contributed by atoms with Gasteiger partial charge in [-0.2, -0.15) is 0 Å². The van der Waals surface area contributed by atoms with Gasteiger partial charge in [0.2, 0.25) is 0 Å². The topological polar surface area (TPSA) is 26.0 Å². The molecule has 0 saturated heterocycles. The summed E-state index contributed by atoms with van der Waals surface area (Å²) < 4.78 is 0. The van der Waals surface area contributed by atoms with Crippen molar-refractivity contribution in [3.8, 4) is 0 Å². The fraction of sp³-hybridized carbons (Fsp3) is 0.500. The number of hydrogen-bond acceptors (Lipinski definition) is 1. The van der Waals surface area contributed by atoms with E-state index < -0.39 is 0 Å². The minimum atomic E-state index is 0.184. The average molecular weight is 244 g/mol. The fourth-order valence-electron chi connectivity index (χ4n) is 2.59. The normalized spacial score (nSPS) is 34.2. The maximum absolute atomic E-state index is 6.02. The van der Waals surface area contributed by atoms with Gasteiger partial charge in [-0.25, -0.2) is 0 Å². The van der Waals surface area contributed by atoms with Gasteiger partial charge in [0.15, 0.2) is 0 Å². The van der Waals surface area contributed by atoms with Crippen molar-refractivity contribution in [1.29, 1.82) is 0 Å². The molecule has 82 valence electrons. The third kappa shape index (κ3) is 1.57. The van der Waals surface area contributed by atoms with Crippen molar-refractivity contribution in [3.05, 3.63) is 33.8 Å². The van der Waals surface area contributed by atoms with E-state index in [0.29, 0.717) is 21.9 Å². The van der Waals surface area contributed by atoms with Gasteiger partial charge in [0, 0.05) is 0 Å². The summed E-state index contributed by atoms with van der Waals surface area (Å²) in [4.78, 5) is 0. The van der Waals surface area contributed by atoms with Crippen molar-refractivity contribution < 1.29 is 0 Å². The van der Waals surface area contributed by atoms with E-state index in [-0.39, 0.29) is 5.41 Å². The lowest BCUT2D eigenvalue weighted by Crippen LogP contribution is -2.11. The number of nitrogens with two attached hydrogens (primary N) is 1. The lowest BCUT2D eigenvalue weighted by Gasteiger charge is -2.12. The van der Waals surface area contributed by atoms with Crippen LogP contribution in [0.1, 0.15) is 19.4 Å². The van der Waals surface area contributed by atoms with Gasteiger partial charge in [0.1, 0.15) is 0 Å². The van der Waals surface area contributed by atoms with Gasteiger partial charge in [0.05, 0.1) is 10.0 Å². The number of benzene rings is 1. The van der Waals surface area contributed by atoms with Gasteiger partial charge >= 0.3 is 0 Å². The highest BCUT2D eigenvalue weighted by molar-refractivity contribution is 6.42. The van der Waals surface area contributed by atoms with Crippen LogP contribution in [-0.4, -0.2) is 6.54 Å². The molecule has 3 atom stereocenters. The van der Waals surface area contributed by atoms with Crippen molar-refractivity contribution in [1.82, 2.24) is 0 Å². The van der Waals surface area contributed by atoms with Gasteiger partial charge in [0.25, 0.3) is 0 Å². The van der Waals surface area contributed by atoms with Crippen LogP contribution in [0, 0.1) is 11.8 Å². The molecule has 1 aliphatic rings. The van der Waals surface area contributed by atoms with Crippen molar-refractivity contribution in [2.75, 3.05) is 6.54 Å². The van der Waals surface area contributed by atoms with E-state index in [1.165, 1.54) is 5.56 Å². The molecular weight excluding hydrogens is 229 g/mol. The SMILES string of the molecule is C[C@@H]1C(CN)[C@@]1(C)c1ccc(Cl)c(Cl)c1. The molecule has 1 unspecified atom stereocenters. The van der Waals surface area contributed by atoms with Crippen molar-refractivity contribution >= 4 is 23.2 Å². The summed E-state index contributed by atoms with van der Waals surface area (Å²) in [5.41, 5.74) is 7.18. The lowest BCUT2D eigenvalue weighted by atomic mass is 9.94. The zero-order chi connectivity index (χ0) is 11.2. The molecule has 0 aliphatic heterocycles. The summed E-state index contributed by atoms with van der Waals surface area (Å²) in [6.45, 7) is 5.21. The van der Waals surface area contributed by atoms with E-state index in [1.807, 2.05) is 12.1 Å². The smallest absolute Gasteiger partial charge is 0.0595 e. The van der Waals surface area contributed by atoms with Crippen LogP contribution in [0.4, 0.5) is 0 Å². The van der Waals surface area contributed by atoms with E-state index in [4.69, 9.17) is 28.9 Å². The molecule has 2 rings (SSSR count). The second-order valence-corrected chi connectivity index (χ2v) is 5.36. The second kappa shape index (κ2) is 3.65. The first-order valence-corrected chi connectivity index (χ1v) is 5.93. The lowest BCUT2D eigenvalue weighted by molar-refractivity contribution is 0.660. The predicted molar refractivity (Wildman–Crippen MR) is 65.5 cm³/mol. The van der Waals surface area contributed by atoms with Gasteiger partial charge in [-0.05, 0) is 41.5 Å². The highest BCUT2D eigenvalue weighted by Crippen LogP contribution is 2.59. The van der Waals surface area contributed by atoms with Crippen LogP contribution < -0.4 is 5.73 Å². The summed E-state index contributed by atoms with van der Waals surface area (Å²) in [5, 5.41) is 1.24. The van der Waals surface area contributed by atoms with Crippen LogP contribution in [0.5, 0.6) is 0 Å². The monoisotopic (exact) mass is 243 g/mol. The Morgan fingerprint density at radius 3 is 2.47 bits per heavy atom. The van der Waals surface area contributed by atoms with Crippen LogP contribution in [0.15, 0.2) is 18.2 Å². The summed E-state index contributed by atoms with van der Waals surface area (Å²) in [6.07, 6.45) is 0. The standard InChI is InChI=1S/C12H15Cl2N/c1-7-9(6-15)12(7,2)8-3-4-10(13)11(14)5-8/h3-5,7,9H,6,15H2,1-2H3/t7-,9?,12-/m1/s1. The largest absolute Gasteiger partial charge is 0.330 e. The Morgan fingerprint density at radius 1 is 1.33 bits per heavy atom. The molecule has 0 aromatic heterocycles. The molecule has 1 aliphatic carbocycles. The summed E-state index contributed by atoms with van der Waals surface area (Å²) in [7, 11) is 0. The summed E-state index contributed by atoms with van der Waals surface area (Å²) >= 11 is 11.9. The first-order chi connectivity index (χ1) is 7.01. The molecule has 2 N–H and O–H groups in total. The van der Waals surface area contributed by atoms with Crippen LogP contribution in [0.25, 0.3) is 0 Å². The van der Waals surface area contributed by atoms with Gasteiger partial charge in [-0.3, -0.25) is 0 Å². The predicted octanol–water partition coefficient (Wildman–Crippen LogP) is 3.48. The fourth-order valence-corrected chi connectivity index (χ4v) is 2.89. The Kier molecular flexibility index (Phi) is 2.74. The molecule has 0 amide bonds. The Balaban J connectivity index is 2.35. The van der Waals surface area contributed by atoms with E-state index in [9.17, 15) is 0 Å². The third-order valence-corrected chi connectivity index (χ3v) is 4.75. The molecule has 0 spiro atoms. The van der Waals surface area contributed by atoms with Crippen molar-refractivity contribution in [2.45, 2.75) is 19.3 Å². The van der Waals surface area contributed by atoms with Crippen molar-refractivity contribution in [2.24, 2.45) is 17.6 Å². The molecule has 0 bridgehead atoms. The molecule has 1 nitrogen and oxygen atoms in total. The Hall–Kier alpha value is -0.240. The molecule has 0 radical (unpaired) electrons. The van der Waals surface area contributed by atoms with Gasteiger partial charge in [-0.15, -0.1) is 0 Å². The third-order valence-electron chi connectivity index (χ3n) is 4.01. The van der Waals surface area contributed by atoms with E-state index >= 15 is 0 Å². The van der Waals surface area contributed by atoms with E-state index in [1.54, 1.807) is 0 Å². The number of hydrogen-bond donors (Lipinski definition) is 1. The molecule has 1 aromatic rings. The Bertz CT molecular complexity index is 391. The maximum Gasteiger partial charge on any atom is 0.0595 e. The van der Waals surface area contributed by atoms with Crippen LogP contribution in [-0.2, 0) is 5.41 Å². The minimum Gasteiger partial charge on any atom is -0.330 e. The van der Waals surface area contributed by atoms with Crippen molar-refractivity contribution in [3.63, 3.8) is 0 Å². The molecule has 0 heterocycles. The zero-order valence-corrected chi connectivity index (χ0v) is 10.4. The molecule has 1 saturated carbocycles. The van der Waals surface area contributed by atoms with Crippen LogP contribution in [0.3, 0.4) is 0 Å². The van der Waals surface area contributed by atoms with E-state index in [0.717, 1.165) is 6.54 Å². The second-order valence-electron chi connectivity index (χ2n) is 4.54. The number of rotatable bonds is 2. The Labute approximate surface area is 101 Å². The molecular formula is C12H15Cl2N. The zero-order valence-electron chi connectivity index (χ0n) is 8.93. The number of halogens is 2. The highest BCUT2D eigenvalue weighted by Gasteiger charge is 2.58. The average Bonchev–Trinajstić information content (AvgIpc) is 2.75. The quantitative estimate of drug-likeness (QED) is 0.846. The van der Waals surface area contributed by atoms with Crippen LogP contribution in [0.2, 0.25) is 10.0 Å². The van der Waals surface area contributed by atoms with Gasteiger partial charge < -0.3 is 5.73 Å². The molecule has 15 heavy (non-hydrogen) atoms. The maximum atomic E-state index is 6.02. The first kappa shape index (κ1) is 11.3.